The minimum atomic E-state index is -0.211. The van der Waals surface area contributed by atoms with Gasteiger partial charge in [-0.15, -0.1) is 0 Å². The smallest absolute Gasteiger partial charge is 0.259 e. The van der Waals surface area contributed by atoms with Crippen molar-refractivity contribution in [1.82, 2.24) is 10.2 Å². The number of amides is 2. The number of benzene rings is 3. The number of nitrogens with one attached hydrogen (secondary N) is 1. The van der Waals surface area contributed by atoms with Gasteiger partial charge in [-0.05, 0) is 23.6 Å². The summed E-state index contributed by atoms with van der Waals surface area (Å²) < 4.78 is 0. The largest absolute Gasteiger partial charge is 0.347 e. The van der Waals surface area contributed by atoms with E-state index in [0.717, 1.165) is 16.7 Å². The summed E-state index contributed by atoms with van der Waals surface area (Å²) in [4.78, 5) is 27.0. The van der Waals surface area contributed by atoms with Gasteiger partial charge in [0.05, 0.1) is 6.04 Å². The number of carbonyl (C=O) groups excluding carboxylic acids is 2. The summed E-state index contributed by atoms with van der Waals surface area (Å²) in [5, 5.41) is 3.10. The first kappa shape index (κ1) is 18.7. The maximum Gasteiger partial charge on any atom is 0.259 e. The first-order valence-electron chi connectivity index (χ1n) is 9.62. The molecule has 4 rings (SSSR count). The molecule has 2 amide bonds. The molecule has 4 nitrogen and oxygen atoms in total. The van der Waals surface area contributed by atoms with Gasteiger partial charge in [-0.3, -0.25) is 14.5 Å². The fourth-order valence-corrected chi connectivity index (χ4v) is 3.67. The normalized spacial score (nSPS) is 13.9. The molecule has 0 spiro atoms. The highest BCUT2D eigenvalue weighted by atomic mass is 16.2. The predicted octanol–water partition coefficient (Wildman–Crippen LogP) is 4.21. The fraction of sp³-hybridized carbons (Fsp3) is 0.120. The van der Waals surface area contributed by atoms with Gasteiger partial charge in [0, 0.05) is 16.8 Å². The number of carbonyl (C=O) groups is 2. The number of rotatable bonds is 6. The molecule has 4 heteroatoms. The molecule has 3 aromatic rings. The zero-order valence-electron chi connectivity index (χ0n) is 16.0. The Morgan fingerprint density at radius 2 is 1.45 bits per heavy atom. The third-order valence-corrected chi connectivity index (χ3v) is 5.16. The Morgan fingerprint density at radius 1 is 0.862 bits per heavy atom. The van der Waals surface area contributed by atoms with Crippen LogP contribution in [0.1, 0.15) is 33.1 Å². The summed E-state index contributed by atoms with van der Waals surface area (Å²) in [6.45, 7) is 3.96. The van der Waals surface area contributed by atoms with E-state index in [0.29, 0.717) is 17.7 Å². The van der Waals surface area contributed by atoms with Crippen molar-refractivity contribution < 1.29 is 9.59 Å². The second kappa shape index (κ2) is 8.15. The summed E-state index contributed by atoms with van der Waals surface area (Å²) in [6, 6.07) is 27.1. The van der Waals surface area contributed by atoms with Gasteiger partial charge in [-0.2, -0.15) is 0 Å². The van der Waals surface area contributed by atoms with Gasteiger partial charge in [0.25, 0.3) is 5.91 Å². The molecule has 1 N–H and O–H groups in total. The van der Waals surface area contributed by atoms with E-state index in [1.165, 1.54) is 4.90 Å². The highest BCUT2D eigenvalue weighted by Crippen LogP contribution is 2.30. The average molecular weight is 382 g/mol. The van der Waals surface area contributed by atoms with Gasteiger partial charge >= 0.3 is 0 Å². The lowest BCUT2D eigenvalue weighted by Gasteiger charge is -2.22. The van der Waals surface area contributed by atoms with E-state index in [2.05, 4.69) is 11.9 Å². The van der Waals surface area contributed by atoms with Crippen LogP contribution in [0, 0.1) is 0 Å². The van der Waals surface area contributed by atoms with E-state index in [-0.39, 0.29) is 24.4 Å². The lowest BCUT2D eigenvalue weighted by Crippen LogP contribution is -2.39. The van der Waals surface area contributed by atoms with Crippen LogP contribution in [-0.2, 0) is 11.2 Å². The SMILES string of the molecule is C=C1c2ccccc2C(=O)N1CC(=O)NC(Cc1ccccc1)c1ccccc1. The molecular formula is C25H22N2O2. The Hall–Kier alpha value is -3.66. The van der Waals surface area contributed by atoms with Crippen LogP contribution in [0.4, 0.5) is 0 Å². The van der Waals surface area contributed by atoms with Crippen LogP contribution in [0.3, 0.4) is 0 Å². The summed E-state index contributed by atoms with van der Waals surface area (Å²) in [5.74, 6) is -0.392. The van der Waals surface area contributed by atoms with Crippen molar-refractivity contribution in [3.63, 3.8) is 0 Å². The van der Waals surface area contributed by atoms with Gasteiger partial charge in [0.2, 0.25) is 5.91 Å². The molecule has 0 bridgehead atoms. The monoisotopic (exact) mass is 382 g/mol. The van der Waals surface area contributed by atoms with Gasteiger partial charge < -0.3 is 5.32 Å². The molecule has 0 saturated carbocycles. The first-order valence-corrected chi connectivity index (χ1v) is 9.62. The third kappa shape index (κ3) is 3.97. The standard InChI is InChI=1S/C25H22N2O2/c1-18-21-14-8-9-15-22(21)25(29)27(18)17-24(28)26-23(20-12-6-3-7-13-20)16-19-10-4-2-5-11-19/h2-15,23H,1,16-17H2,(H,26,28). The van der Waals surface area contributed by atoms with Crippen molar-refractivity contribution in [1.29, 1.82) is 0 Å². The second-order valence-electron chi connectivity index (χ2n) is 7.10. The summed E-state index contributed by atoms with van der Waals surface area (Å²) in [6.07, 6.45) is 0.672. The number of hydrogen-bond acceptors (Lipinski definition) is 2. The van der Waals surface area contributed by atoms with Gasteiger partial charge in [-0.1, -0.05) is 85.4 Å². The van der Waals surface area contributed by atoms with Crippen molar-refractivity contribution in [2.75, 3.05) is 6.54 Å². The highest BCUT2D eigenvalue weighted by molar-refractivity contribution is 6.10. The van der Waals surface area contributed by atoms with E-state index in [4.69, 9.17) is 0 Å². The lowest BCUT2D eigenvalue weighted by molar-refractivity contribution is -0.122. The van der Waals surface area contributed by atoms with Crippen molar-refractivity contribution in [3.05, 3.63) is 114 Å². The number of fused-ring (bicyclic) bond motifs is 1. The zero-order valence-corrected chi connectivity index (χ0v) is 16.0. The Morgan fingerprint density at radius 3 is 2.10 bits per heavy atom. The molecule has 0 saturated heterocycles. The third-order valence-electron chi connectivity index (χ3n) is 5.16. The van der Waals surface area contributed by atoms with Crippen molar-refractivity contribution in [2.24, 2.45) is 0 Å². The topological polar surface area (TPSA) is 49.4 Å². The zero-order chi connectivity index (χ0) is 20.2. The molecule has 0 aromatic heterocycles. The molecule has 144 valence electrons. The Labute approximate surface area is 170 Å². The highest BCUT2D eigenvalue weighted by Gasteiger charge is 2.32. The molecule has 1 aliphatic rings. The van der Waals surface area contributed by atoms with Crippen LogP contribution >= 0.6 is 0 Å². The number of nitrogens with zero attached hydrogens (tertiary/aromatic N) is 1. The Balaban J connectivity index is 1.50. The van der Waals surface area contributed by atoms with E-state index in [1.54, 1.807) is 6.07 Å². The average Bonchev–Trinajstić information content (AvgIpc) is 3.00. The predicted molar refractivity (Wildman–Crippen MR) is 114 cm³/mol. The molecule has 1 unspecified atom stereocenters. The van der Waals surface area contributed by atoms with Crippen LogP contribution in [-0.4, -0.2) is 23.3 Å². The van der Waals surface area contributed by atoms with Crippen LogP contribution in [0.2, 0.25) is 0 Å². The molecule has 3 aromatic carbocycles. The van der Waals surface area contributed by atoms with Crippen LogP contribution in [0.5, 0.6) is 0 Å². The first-order chi connectivity index (χ1) is 14.1. The molecule has 1 atom stereocenters. The molecule has 0 radical (unpaired) electrons. The summed E-state index contributed by atoms with van der Waals surface area (Å²) >= 11 is 0. The van der Waals surface area contributed by atoms with E-state index < -0.39 is 0 Å². The minimum Gasteiger partial charge on any atom is -0.347 e. The van der Waals surface area contributed by atoms with Gasteiger partial charge in [0.15, 0.2) is 0 Å². The maximum absolute atomic E-state index is 12.9. The molecule has 0 aliphatic carbocycles. The van der Waals surface area contributed by atoms with E-state index >= 15 is 0 Å². The Bertz CT molecular complexity index is 1010. The van der Waals surface area contributed by atoms with Crippen molar-refractivity contribution in [2.45, 2.75) is 12.5 Å². The molecule has 1 heterocycles. The fourth-order valence-electron chi connectivity index (χ4n) is 3.67. The molecule has 0 fully saturated rings. The van der Waals surface area contributed by atoms with E-state index in [1.807, 2.05) is 78.9 Å². The number of hydrogen-bond donors (Lipinski definition) is 1. The summed E-state index contributed by atoms with van der Waals surface area (Å²) in [5.41, 5.74) is 4.11. The van der Waals surface area contributed by atoms with Crippen molar-refractivity contribution in [3.8, 4) is 0 Å². The van der Waals surface area contributed by atoms with Crippen LogP contribution in [0.25, 0.3) is 5.70 Å². The lowest BCUT2D eigenvalue weighted by atomic mass is 9.99. The second-order valence-corrected chi connectivity index (χ2v) is 7.10. The molecule has 1 aliphatic heterocycles. The van der Waals surface area contributed by atoms with Crippen molar-refractivity contribution >= 4 is 17.5 Å². The Kier molecular flexibility index (Phi) is 5.25. The van der Waals surface area contributed by atoms with E-state index in [9.17, 15) is 9.59 Å². The molecular weight excluding hydrogens is 360 g/mol. The minimum absolute atomic E-state index is 0.0511. The quantitative estimate of drug-likeness (QED) is 0.694. The van der Waals surface area contributed by atoms with Crippen LogP contribution in [0.15, 0.2) is 91.5 Å². The van der Waals surface area contributed by atoms with Gasteiger partial charge in [0.1, 0.15) is 6.54 Å². The molecule has 29 heavy (non-hydrogen) atoms. The van der Waals surface area contributed by atoms with Crippen LogP contribution < -0.4 is 5.32 Å². The maximum atomic E-state index is 12.9. The summed E-state index contributed by atoms with van der Waals surface area (Å²) in [7, 11) is 0. The van der Waals surface area contributed by atoms with Gasteiger partial charge in [-0.25, -0.2) is 0 Å².